The van der Waals surface area contributed by atoms with Crippen molar-refractivity contribution in [3.63, 3.8) is 0 Å². The van der Waals surface area contributed by atoms with Crippen LogP contribution in [0, 0.1) is 0 Å². The second kappa shape index (κ2) is 5.91. The molecule has 1 N–H and O–H groups in total. The third kappa shape index (κ3) is 2.86. The zero-order chi connectivity index (χ0) is 18.5. The molecule has 7 nitrogen and oxygen atoms in total. The van der Waals surface area contributed by atoms with Crippen LogP contribution in [0.1, 0.15) is 25.8 Å². The number of nitrogens with one attached hydrogen (secondary N) is 1. The molecule has 0 unspecified atom stereocenters. The lowest BCUT2D eigenvalue weighted by Crippen LogP contribution is -2.26. The lowest BCUT2D eigenvalue weighted by atomic mass is 10.1. The predicted octanol–water partition coefficient (Wildman–Crippen LogP) is 3.12. The van der Waals surface area contributed by atoms with Gasteiger partial charge >= 0.3 is 0 Å². The third-order valence-corrected chi connectivity index (χ3v) is 5.15. The van der Waals surface area contributed by atoms with Gasteiger partial charge < -0.3 is 4.90 Å². The number of rotatable bonds is 3. The average Bonchev–Trinajstić information content (AvgIpc) is 3.17. The minimum atomic E-state index is -0.259. The zero-order valence-electron chi connectivity index (χ0n) is 15.1. The standard InChI is InChI=1S/C18H20N6OS/c1-18(2,3)24-15-11(9-19-24)16(25)22-17(21-15)23(4)10-14-20-12-7-5-6-8-13(12)26-14/h5-9H,10H2,1-4H3,(H,21,22,25). The lowest BCUT2D eigenvalue weighted by molar-refractivity contribution is 0.366. The quantitative estimate of drug-likeness (QED) is 0.601. The summed E-state index contributed by atoms with van der Waals surface area (Å²) in [6.07, 6.45) is 1.57. The Hall–Kier alpha value is -2.74. The molecule has 8 heteroatoms. The fourth-order valence-electron chi connectivity index (χ4n) is 2.84. The van der Waals surface area contributed by atoms with E-state index in [1.165, 1.54) is 0 Å². The number of hydrogen-bond donors (Lipinski definition) is 1. The molecule has 0 amide bonds. The Labute approximate surface area is 154 Å². The highest BCUT2D eigenvalue weighted by Gasteiger charge is 2.20. The van der Waals surface area contributed by atoms with Gasteiger partial charge in [0.2, 0.25) is 5.95 Å². The van der Waals surface area contributed by atoms with Crippen molar-refractivity contribution >= 4 is 38.5 Å². The second-order valence-corrected chi connectivity index (χ2v) is 8.40. The summed E-state index contributed by atoms with van der Waals surface area (Å²) < 4.78 is 2.94. The van der Waals surface area contributed by atoms with E-state index in [4.69, 9.17) is 0 Å². The van der Waals surface area contributed by atoms with Crippen LogP contribution in [0.2, 0.25) is 0 Å². The van der Waals surface area contributed by atoms with E-state index in [1.807, 2.05) is 50.9 Å². The van der Waals surface area contributed by atoms with E-state index >= 15 is 0 Å². The number of aromatic amines is 1. The van der Waals surface area contributed by atoms with Crippen molar-refractivity contribution in [1.82, 2.24) is 24.7 Å². The van der Waals surface area contributed by atoms with Crippen molar-refractivity contribution in [3.8, 4) is 0 Å². The van der Waals surface area contributed by atoms with Crippen LogP contribution in [0.5, 0.6) is 0 Å². The minimum Gasteiger partial charge on any atom is -0.339 e. The van der Waals surface area contributed by atoms with E-state index in [1.54, 1.807) is 22.2 Å². The topological polar surface area (TPSA) is 79.7 Å². The molecule has 0 radical (unpaired) electrons. The molecule has 0 saturated carbocycles. The molecule has 0 fully saturated rings. The number of aromatic nitrogens is 5. The van der Waals surface area contributed by atoms with Crippen LogP contribution >= 0.6 is 11.3 Å². The summed E-state index contributed by atoms with van der Waals surface area (Å²) in [5.41, 5.74) is 1.14. The van der Waals surface area contributed by atoms with Crippen molar-refractivity contribution < 1.29 is 0 Å². The number of benzene rings is 1. The van der Waals surface area contributed by atoms with Crippen LogP contribution in [0.15, 0.2) is 35.3 Å². The molecule has 0 aliphatic heterocycles. The summed E-state index contributed by atoms with van der Waals surface area (Å²) in [5, 5.41) is 5.82. The highest BCUT2D eigenvalue weighted by molar-refractivity contribution is 7.18. The van der Waals surface area contributed by atoms with E-state index in [0.29, 0.717) is 23.5 Å². The number of anilines is 1. The molecule has 4 rings (SSSR count). The van der Waals surface area contributed by atoms with Crippen molar-refractivity contribution in [3.05, 3.63) is 45.8 Å². The molecule has 4 aromatic rings. The molecule has 0 saturated heterocycles. The normalized spacial score (nSPS) is 12.2. The highest BCUT2D eigenvalue weighted by Crippen LogP contribution is 2.24. The fraction of sp³-hybridized carbons (Fsp3) is 0.333. The molecule has 1 aromatic carbocycles. The first-order valence-corrected chi connectivity index (χ1v) is 9.19. The molecule has 0 aliphatic rings. The summed E-state index contributed by atoms with van der Waals surface area (Å²) >= 11 is 1.65. The number of fused-ring (bicyclic) bond motifs is 2. The van der Waals surface area contributed by atoms with Crippen LogP contribution in [0.3, 0.4) is 0 Å². The lowest BCUT2D eigenvalue weighted by Gasteiger charge is -2.21. The third-order valence-electron chi connectivity index (χ3n) is 4.13. The first-order chi connectivity index (χ1) is 12.3. The van der Waals surface area contributed by atoms with Gasteiger partial charge in [0.25, 0.3) is 5.56 Å². The Balaban J connectivity index is 1.72. The molecular weight excluding hydrogens is 348 g/mol. The first kappa shape index (κ1) is 16.7. The molecule has 0 atom stereocenters. The molecule has 0 aliphatic carbocycles. The van der Waals surface area contributed by atoms with Gasteiger partial charge in [-0.2, -0.15) is 10.1 Å². The molecule has 0 spiro atoms. The van der Waals surface area contributed by atoms with Crippen LogP contribution in [0.25, 0.3) is 21.3 Å². The van der Waals surface area contributed by atoms with Gasteiger partial charge in [-0.25, -0.2) is 9.67 Å². The van der Waals surface area contributed by atoms with Crippen molar-refractivity contribution in [2.45, 2.75) is 32.9 Å². The summed E-state index contributed by atoms with van der Waals surface area (Å²) in [5.74, 6) is 0.507. The van der Waals surface area contributed by atoms with Crippen LogP contribution < -0.4 is 10.5 Å². The van der Waals surface area contributed by atoms with Crippen LogP contribution in [-0.2, 0) is 12.1 Å². The maximum absolute atomic E-state index is 12.4. The van der Waals surface area contributed by atoms with Gasteiger partial charge in [-0.15, -0.1) is 11.3 Å². The number of para-hydroxylation sites is 1. The maximum atomic E-state index is 12.4. The minimum absolute atomic E-state index is 0.184. The molecular formula is C18H20N6OS. The molecule has 3 aromatic heterocycles. The van der Waals surface area contributed by atoms with Gasteiger partial charge in [-0.1, -0.05) is 12.1 Å². The number of H-pyrrole nitrogens is 1. The zero-order valence-corrected chi connectivity index (χ0v) is 16.0. The Bertz CT molecular complexity index is 1120. The van der Waals surface area contributed by atoms with Crippen LogP contribution in [0.4, 0.5) is 5.95 Å². The van der Waals surface area contributed by atoms with Crippen LogP contribution in [-0.4, -0.2) is 31.8 Å². The Kier molecular flexibility index (Phi) is 3.80. The monoisotopic (exact) mass is 368 g/mol. The summed E-state index contributed by atoms with van der Waals surface area (Å²) in [6.45, 7) is 6.67. The smallest absolute Gasteiger partial charge is 0.263 e. The Morgan fingerprint density at radius 1 is 1.23 bits per heavy atom. The van der Waals surface area contributed by atoms with E-state index in [9.17, 15) is 4.79 Å². The molecule has 3 heterocycles. The second-order valence-electron chi connectivity index (χ2n) is 7.29. The van der Waals surface area contributed by atoms with Gasteiger partial charge in [0.15, 0.2) is 5.65 Å². The van der Waals surface area contributed by atoms with E-state index < -0.39 is 0 Å². The largest absolute Gasteiger partial charge is 0.339 e. The van der Waals surface area contributed by atoms with Gasteiger partial charge in [0, 0.05) is 7.05 Å². The Morgan fingerprint density at radius 3 is 2.73 bits per heavy atom. The summed E-state index contributed by atoms with van der Waals surface area (Å²) in [6, 6.07) is 8.05. The van der Waals surface area contributed by atoms with Gasteiger partial charge in [-0.3, -0.25) is 9.78 Å². The van der Waals surface area contributed by atoms with E-state index in [0.717, 1.165) is 15.2 Å². The summed E-state index contributed by atoms with van der Waals surface area (Å²) in [4.78, 5) is 26.5. The van der Waals surface area contributed by atoms with Crippen molar-refractivity contribution in [1.29, 1.82) is 0 Å². The molecule has 134 valence electrons. The average molecular weight is 368 g/mol. The number of nitrogens with zero attached hydrogens (tertiary/aromatic N) is 5. The first-order valence-electron chi connectivity index (χ1n) is 8.37. The van der Waals surface area contributed by atoms with E-state index in [-0.39, 0.29) is 11.1 Å². The van der Waals surface area contributed by atoms with Gasteiger partial charge in [-0.05, 0) is 32.9 Å². The van der Waals surface area contributed by atoms with Gasteiger partial charge in [0.1, 0.15) is 10.4 Å². The maximum Gasteiger partial charge on any atom is 0.263 e. The molecule has 0 bridgehead atoms. The van der Waals surface area contributed by atoms with Crippen molar-refractivity contribution in [2.24, 2.45) is 0 Å². The Morgan fingerprint density at radius 2 is 2.00 bits per heavy atom. The molecule has 26 heavy (non-hydrogen) atoms. The number of thiazole rings is 1. The summed E-state index contributed by atoms with van der Waals surface area (Å²) in [7, 11) is 1.90. The highest BCUT2D eigenvalue weighted by atomic mass is 32.1. The van der Waals surface area contributed by atoms with Gasteiger partial charge in [0.05, 0.1) is 28.5 Å². The fourth-order valence-corrected chi connectivity index (χ4v) is 3.86. The SMILES string of the molecule is CN(Cc1nc2ccccc2s1)c1nc2c(cnn2C(C)(C)C)c(=O)[nH]1. The predicted molar refractivity (Wildman–Crippen MR) is 105 cm³/mol. The van der Waals surface area contributed by atoms with Crippen molar-refractivity contribution in [2.75, 3.05) is 11.9 Å². The van der Waals surface area contributed by atoms with E-state index in [2.05, 4.69) is 26.1 Å². The number of hydrogen-bond acceptors (Lipinski definition) is 6.